The summed E-state index contributed by atoms with van der Waals surface area (Å²) in [6.07, 6.45) is 7.49. The highest BCUT2D eigenvalue weighted by molar-refractivity contribution is 5.19. The van der Waals surface area contributed by atoms with Crippen molar-refractivity contribution in [1.82, 2.24) is 0 Å². The van der Waals surface area contributed by atoms with Crippen molar-refractivity contribution in [2.45, 2.75) is 45.1 Å². The predicted molar refractivity (Wildman–Crippen MR) is 55.9 cm³/mol. The largest absolute Gasteiger partial charge is 0.396 e. The molecule has 0 aromatic rings. The molecule has 2 heteroatoms. The van der Waals surface area contributed by atoms with Crippen LogP contribution in [0.25, 0.3) is 0 Å². The third-order valence-corrected chi connectivity index (χ3v) is 3.95. The zero-order valence-corrected chi connectivity index (χ0v) is 8.87. The maximum absolute atomic E-state index is 9.93. The van der Waals surface area contributed by atoms with Crippen molar-refractivity contribution in [2.24, 2.45) is 11.3 Å². The predicted octanol–water partition coefficient (Wildman–Crippen LogP) is 1.87. The number of fused-ring (bicyclic) bond motifs is 1. The van der Waals surface area contributed by atoms with Crippen molar-refractivity contribution < 1.29 is 10.2 Å². The van der Waals surface area contributed by atoms with Crippen LogP contribution in [-0.4, -0.2) is 22.9 Å². The molecule has 0 aromatic carbocycles. The minimum absolute atomic E-state index is 0.0917. The summed E-state index contributed by atoms with van der Waals surface area (Å²) < 4.78 is 0. The van der Waals surface area contributed by atoms with Crippen molar-refractivity contribution in [3.8, 4) is 0 Å². The Kier molecular flexibility index (Phi) is 2.67. The first-order valence-corrected chi connectivity index (χ1v) is 5.65. The summed E-state index contributed by atoms with van der Waals surface area (Å²) in [5.41, 5.74) is 1.14. The van der Waals surface area contributed by atoms with E-state index in [4.69, 9.17) is 0 Å². The maximum Gasteiger partial charge on any atom is 0.0799 e. The van der Waals surface area contributed by atoms with E-state index in [2.05, 4.69) is 0 Å². The van der Waals surface area contributed by atoms with Gasteiger partial charge < -0.3 is 10.2 Å². The van der Waals surface area contributed by atoms with Crippen molar-refractivity contribution in [2.75, 3.05) is 6.61 Å². The Morgan fingerprint density at radius 3 is 3.00 bits per heavy atom. The maximum atomic E-state index is 9.93. The molecule has 2 aliphatic carbocycles. The lowest BCUT2D eigenvalue weighted by atomic mass is 9.66. The second-order valence-corrected chi connectivity index (χ2v) is 5.15. The normalized spacial score (nSPS) is 42.9. The van der Waals surface area contributed by atoms with Crippen molar-refractivity contribution >= 4 is 0 Å². The Bertz CT molecular complexity index is 247. The Hall–Kier alpha value is -0.340. The van der Waals surface area contributed by atoms with Crippen LogP contribution < -0.4 is 0 Å². The van der Waals surface area contributed by atoms with Gasteiger partial charge in [-0.15, -0.1) is 0 Å². The zero-order chi connectivity index (χ0) is 10.2. The van der Waals surface area contributed by atoms with E-state index >= 15 is 0 Å². The van der Waals surface area contributed by atoms with Crippen molar-refractivity contribution in [3.63, 3.8) is 0 Å². The van der Waals surface area contributed by atoms with Gasteiger partial charge in [-0.2, -0.15) is 0 Å². The molecule has 2 aliphatic rings. The monoisotopic (exact) mass is 196 g/mol. The molecule has 0 saturated heterocycles. The van der Waals surface area contributed by atoms with Gasteiger partial charge in [-0.3, -0.25) is 0 Å². The molecule has 0 aromatic heterocycles. The van der Waals surface area contributed by atoms with E-state index in [0.29, 0.717) is 5.92 Å². The molecule has 0 bridgehead atoms. The van der Waals surface area contributed by atoms with E-state index < -0.39 is 6.10 Å². The lowest BCUT2D eigenvalue weighted by Crippen LogP contribution is -2.41. The lowest BCUT2D eigenvalue weighted by molar-refractivity contribution is -0.00329. The summed E-state index contributed by atoms with van der Waals surface area (Å²) in [4.78, 5) is 0. The summed E-state index contributed by atoms with van der Waals surface area (Å²) in [5.74, 6) is 0.629. The van der Waals surface area contributed by atoms with Gasteiger partial charge in [-0.25, -0.2) is 0 Å². The van der Waals surface area contributed by atoms with Gasteiger partial charge in [0.1, 0.15) is 0 Å². The van der Waals surface area contributed by atoms with Crippen molar-refractivity contribution in [1.29, 1.82) is 0 Å². The minimum atomic E-state index is -0.447. The van der Waals surface area contributed by atoms with Crippen LogP contribution >= 0.6 is 0 Å². The number of hydrogen-bond donors (Lipinski definition) is 2. The van der Waals surface area contributed by atoms with Crippen LogP contribution in [0.2, 0.25) is 0 Å². The van der Waals surface area contributed by atoms with Gasteiger partial charge >= 0.3 is 0 Å². The van der Waals surface area contributed by atoms with E-state index in [1.165, 1.54) is 24.8 Å². The van der Waals surface area contributed by atoms with Gasteiger partial charge in [-0.05, 0) is 31.6 Å². The molecule has 2 nitrogen and oxygen atoms in total. The SMILES string of the molecule is C[C@@]1(CO)C[C@H]2CCCCC2=C[C@H]1O. The highest BCUT2D eigenvalue weighted by Gasteiger charge is 2.39. The first kappa shape index (κ1) is 10.2. The second-order valence-electron chi connectivity index (χ2n) is 5.15. The molecule has 0 radical (unpaired) electrons. The Morgan fingerprint density at radius 1 is 1.50 bits per heavy atom. The molecule has 80 valence electrons. The average molecular weight is 196 g/mol. The Labute approximate surface area is 85.6 Å². The third-order valence-electron chi connectivity index (χ3n) is 3.95. The summed E-state index contributed by atoms with van der Waals surface area (Å²) in [6, 6.07) is 0. The van der Waals surface area contributed by atoms with Crippen LogP contribution in [-0.2, 0) is 0 Å². The summed E-state index contributed by atoms with van der Waals surface area (Å²) in [6.45, 7) is 2.08. The van der Waals surface area contributed by atoms with Crippen LogP contribution in [0.3, 0.4) is 0 Å². The molecule has 0 spiro atoms. The molecule has 14 heavy (non-hydrogen) atoms. The molecule has 0 amide bonds. The van der Waals surface area contributed by atoms with Gasteiger partial charge in [0, 0.05) is 5.41 Å². The summed E-state index contributed by atoms with van der Waals surface area (Å²) in [5, 5.41) is 19.3. The summed E-state index contributed by atoms with van der Waals surface area (Å²) >= 11 is 0. The van der Waals surface area contributed by atoms with Gasteiger partial charge in [0.05, 0.1) is 12.7 Å². The average Bonchev–Trinajstić information content (AvgIpc) is 2.20. The zero-order valence-electron chi connectivity index (χ0n) is 8.87. The molecule has 0 aliphatic heterocycles. The first-order chi connectivity index (χ1) is 6.65. The van der Waals surface area contributed by atoms with Crippen LogP contribution in [0, 0.1) is 11.3 Å². The molecule has 1 saturated carbocycles. The van der Waals surface area contributed by atoms with Gasteiger partial charge in [0.2, 0.25) is 0 Å². The molecule has 2 N–H and O–H groups in total. The fraction of sp³-hybridized carbons (Fsp3) is 0.833. The topological polar surface area (TPSA) is 40.5 Å². The number of hydrogen-bond acceptors (Lipinski definition) is 2. The smallest absolute Gasteiger partial charge is 0.0799 e. The van der Waals surface area contributed by atoms with E-state index in [1.807, 2.05) is 13.0 Å². The molecular weight excluding hydrogens is 176 g/mol. The number of allylic oxidation sites excluding steroid dienone is 1. The van der Waals surface area contributed by atoms with Crippen molar-refractivity contribution in [3.05, 3.63) is 11.6 Å². The number of rotatable bonds is 1. The van der Waals surface area contributed by atoms with E-state index in [-0.39, 0.29) is 12.0 Å². The van der Waals surface area contributed by atoms with E-state index in [0.717, 1.165) is 12.8 Å². The Balaban J connectivity index is 2.20. The minimum Gasteiger partial charge on any atom is -0.396 e. The molecule has 0 heterocycles. The van der Waals surface area contributed by atoms with Gasteiger partial charge in [-0.1, -0.05) is 25.0 Å². The van der Waals surface area contributed by atoms with Crippen LogP contribution in [0.4, 0.5) is 0 Å². The number of aliphatic hydroxyl groups is 2. The van der Waals surface area contributed by atoms with E-state index in [9.17, 15) is 10.2 Å². The number of aliphatic hydroxyl groups excluding tert-OH is 2. The van der Waals surface area contributed by atoms with Gasteiger partial charge in [0.25, 0.3) is 0 Å². The molecule has 1 fully saturated rings. The lowest BCUT2D eigenvalue weighted by Gasteiger charge is -2.42. The van der Waals surface area contributed by atoms with Crippen LogP contribution in [0.15, 0.2) is 11.6 Å². The highest BCUT2D eigenvalue weighted by atomic mass is 16.3. The summed E-state index contributed by atoms with van der Waals surface area (Å²) in [7, 11) is 0. The first-order valence-electron chi connectivity index (χ1n) is 5.65. The van der Waals surface area contributed by atoms with Crippen LogP contribution in [0.5, 0.6) is 0 Å². The Morgan fingerprint density at radius 2 is 2.29 bits per heavy atom. The third kappa shape index (κ3) is 1.61. The van der Waals surface area contributed by atoms with Gasteiger partial charge in [0.15, 0.2) is 0 Å². The fourth-order valence-electron chi connectivity index (χ4n) is 2.81. The standard InChI is InChI=1S/C12H20O2/c1-12(8-13)7-10-5-3-2-4-9(10)6-11(12)14/h6,10-11,13-14H,2-5,7-8H2,1H3/t10-,11-,12+/m1/s1. The van der Waals surface area contributed by atoms with E-state index in [1.54, 1.807) is 0 Å². The fourth-order valence-corrected chi connectivity index (χ4v) is 2.81. The molecule has 2 rings (SSSR count). The molecule has 3 atom stereocenters. The second kappa shape index (κ2) is 3.67. The molecule has 0 unspecified atom stereocenters. The molecular formula is C12H20O2. The van der Waals surface area contributed by atoms with Crippen LogP contribution in [0.1, 0.15) is 39.0 Å². The quantitative estimate of drug-likeness (QED) is 0.628. The highest BCUT2D eigenvalue weighted by Crippen LogP contribution is 2.44.